The Morgan fingerprint density at radius 2 is 1.68 bits per heavy atom. The fraction of sp³-hybridized carbons (Fsp3) is 0.423. The molecule has 0 aromatic heterocycles. The summed E-state index contributed by atoms with van der Waals surface area (Å²) in [4.78, 5) is 18.8. The number of amides is 1. The molecule has 0 aliphatic carbocycles. The van der Waals surface area contributed by atoms with Crippen LogP contribution in [0.3, 0.4) is 0 Å². The van der Waals surface area contributed by atoms with Gasteiger partial charge < -0.3 is 4.90 Å². The number of benzene rings is 2. The smallest absolute Gasteiger partial charge is 0.304 e. The van der Waals surface area contributed by atoms with Gasteiger partial charge in [-0.25, -0.2) is 0 Å². The first-order chi connectivity index (χ1) is 17.5. The molecule has 11 heteroatoms. The number of halogens is 3. The van der Waals surface area contributed by atoms with Crippen LogP contribution in [0.5, 0.6) is 0 Å². The number of thiocarbonyl (C=S) groups is 1. The highest BCUT2D eigenvalue weighted by atomic mass is 32.1. The standard InChI is InChI=1S/C26H27F3N6OS/c1-25(2)23(36)34(21-14-11-19(17-30)22(16-21)26(27,28)29)24(37)35(25)20-12-9-18(10-13-20)8-6-4-3-5-7-15-32-33-31/h9-14,16H,3-8,15H2,1-2H3. The van der Waals surface area contributed by atoms with Gasteiger partial charge in [-0.05, 0) is 86.8 Å². The Morgan fingerprint density at radius 3 is 2.30 bits per heavy atom. The Kier molecular flexibility index (Phi) is 8.79. The third kappa shape index (κ3) is 6.21. The van der Waals surface area contributed by atoms with Crippen molar-refractivity contribution in [3.63, 3.8) is 0 Å². The predicted octanol–water partition coefficient (Wildman–Crippen LogP) is 7.30. The van der Waals surface area contributed by atoms with E-state index in [0.29, 0.717) is 12.2 Å². The summed E-state index contributed by atoms with van der Waals surface area (Å²) in [5.41, 5.74) is 7.28. The molecule has 1 heterocycles. The molecule has 0 saturated carbocycles. The minimum atomic E-state index is -4.75. The number of carbonyl (C=O) groups excluding carboxylic acids is 1. The average molecular weight is 529 g/mol. The number of azide groups is 1. The summed E-state index contributed by atoms with van der Waals surface area (Å²) in [6, 6.07) is 12.4. The van der Waals surface area contributed by atoms with Crippen LogP contribution in [0.25, 0.3) is 10.4 Å². The van der Waals surface area contributed by atoms with Crippen LogP contribution in [0.15, 0.2) is 47.6 Å². The highest BCUT2D eigenvalue weighted by Crippen LogP contribution is 2.39. The summed E-state index contributed by atoms with van der Waals surface area (Å²) in [6.45, 7) is 3.87. The highest BCUT2D eigenvalue weighted by Gasteiger charge is 2.50. The molecule has 194 valence electrons. The van der Waals surface area contributed by atoms with Gasteiger partial charge in [0.15, 0.2) is 5.11 Å². The van der Waals surface area contributed by atoms with Crippen molar-refractivity contribution in [3.8, 4) is 6.07 Å². The van der Waals surface area contributed by atoms with Gasteiger partial charge >= 0.3 is 6.18 Å². The number of aryl methyl sites for hydroxylation is 1. The Labute approximate surface area is 219 Å². The van der Waals surface area contributed by atoms with Crippen LogP contribution < -0.4 is 9.80 Å². The Morgan fingerprint density at radius 1 is 1.05 bits per heavy atom. The Hall–Kier alpha value is -3.61. The first-order valence-electron chi connectivity index (χ1n) is 11.9. The SMILES string of the molecule is CC1(C)C(=O)N(c2ccc(C#N)c(C(F)(F)F)c2)C(=S)N1c1ccc(CCCCCCCN=[N+]=[N-])cc1. The minimum Gasteiger partial charge on any atom is -0.304 e. The lowest BCUT2D eigenvalue weighted by atomic mass is 10.0. The quantitative estimate of drug-likeness (QED) is 0.106. The lowest BCUT2D eigenvalue weighted by Crippen LogP contribution is -2.44. The molecule has 7 nitrogen and oxygen atoms in total. The number of hydrogen-bond donors (Lipinski definition) is 0. The molecule has 1 fully saturated rings. The van der Waals surface area contributed by atoms with Gasteiger partial charge in [-0.2, -0.15) is 18.4 Å². The molecule has 2 aromatic carbocycles. The Bertz CT molecular complexity index is 1250. The maximum atomic E-state index is 13.5. The van der Waals surface area contributed by atoms with Gasteiger partial charge in [0.05, 0.1) is 22.9 Å². The Balaban J connectivity index is 1.73. The van der Waals surface area contributed by atoms with Gasteiger partial charge in [0.2, 0.25) is 0 Å². The molecule has 1 saturated heterocycles. The zero-order valence-corrected chi connectivity index (χ0v) is 21.4. The zero-order chi connectivity index (χ0) is 27.2. The third-order valence-corrected chi connectivity index (χ3v) is 6.70. The monoisotopic (exact) mass is 528 g/mol. The molecule has 37 heavy (non-hydrogen) atoms. The van der Waals surface area contributed by atoms with Gasteiger partial charge in [0.25, 0.3) is 5.91 Å². The molecule has 0 bridgehead atoms. The molecular formula is C26H27F3N6OS. The first kappa shape index (κ1) is 28.0. The lowest BCUT2D eigenvalue weighted by molar-refractivity contribution is -0.137. The topological polar surface area (TPSA) is 96.1 Å². The maximum Gasteiger partial charge on any atom is 0.417 e. The second-order valence-corrected chi connectivity index (χ2v) is 9.66. The second-order valence-electron chi connectivity index (χ2n) is 9.30. The van der Waals surface area contributed by atoms with Gasteiger partial charge in [-0.15, -0.1) is 0 Å². The van der Waals surface area contributed by atoms with Gasteiger partial charge in [-0.1, -0.05) is 36.5 Å². The van der Waals surface area contributed by atoms with Crippen LogP contribution in [0, 0.1) is 11.3 Å². The number of nitriles is 1. The van der Waals surface area contributed by atoms with Crippen LogP contribution in [-0.4, -0.2) is 23.1 Å². The number of unbranched alkanes of at least 4 members (excludes halogenated alkanes) is 4. The highest BCUT2D eigenvalue weighted by molar-refractivity contribution is 7.81. The zero-order valence-electron chi connectivity index (χ0n) is 20.6. The molecule has 0 unspecified atom stereocenters. The van der Waals surface area contributed by atoms with Gasteiger partial charge in [0.1, 0.15) is 5.54 Å². The minimum absolute atomic E-state index is 0.0343. The van der Waals surface area contributed by atoms with Crippen molar-refractivity contribution >= 4 is 34.6 Å². The van der Waals surface area contributed by atoms with Crippen molar-refractivity contribution in [1.29, 1.82) is 5.26 Å². The summed E-state index contributed by atoms with van der Waals surface area (Å²) in [5.74, 6) is -0.458. The third-order valence-electron chi connectivity index (χ3n) is 6.34. The second kappa shape index (κ2) is 11.6. The molecule has 0 atom stereocenters. The molecular weight excluding hydrogens is 501 g/mol. The number of carbonyl (C=O) groups is 1. The molecule has 1 amide bonds. The molecule has 3 rings (SSSR count). The van der Waals surface area contributed by atoms with Crippen molar-refractivity contribution in [1.82, 2.24) is 0 Å². The molecule has 1 aliphatic rings. The van der Waals surface area contributed by atoms with E-state index in [0.717, 1.165) is 61.1 Å². The van der Waals surface area contributed by atoms with E-state index < -0.39 is 28.7 Å². The summed E-state index contributed by atoms with van der Waals surface area (Å²) in [6.07, 6.45) is 1.20. The van der Waals surface area contributed by atoms with Crippen LogP contribution in [0.2, 0.25) is 0 Å². The summed E-state index contributed by atoms with van der Waals surface area (Å²) >= 11 is 5.58. The summed E-state index contributed by atoms with van der Waals surface area (Å²) in [7, 11) is 0. The molecule has 1 aliphatic heterocycles. The van der Waals surface area contributed by atoms with E-state index in [-0.39, 0.29) is 10.8 Å². The van der Waals surface area contributed by atoms with E-state index in [2.05, 4.69) is 10.0 Å². The maximum absolute atomic E-state index is 13.5. The number of nitrogens with zero attached hydrogens (tertiary/aromatic N) is 6. The molecule has 0 N–H and O–H groups in total. The number of alkyl halides is 3. The average Bonchev–Trinajstić information content (AvgIpc) is 3.03. The fourth-order valence-corrected chi connectivity index (χ4v) is 4.88. The van der Waals surface area contributed by atoms with Crippen molar-refractivity contribution in [3.05, 3.63) is 69.6 Å². The van der Waals surface area contributed by atoms with E-state index >= 15 is 0 Å². The molecule has 0 spiro atoms. The van der Waals surface area contributed by atoms with Crippen molar-refractivity contribution in [2.45, 2.75) is 64.1 Å². The van der Waals surface area contributed by atoms with Crippen LogP contribution >= 0.6 is 12.2 Å². The largest absolute Gasteiger partial charge is 0.417 e. The fourth-order valence-electron chi connectivity index (χ4n) is 4.36. The van der Waals surface area contributed by atoms with Crippen molar-refractivity contribution in [2.24, 2.45) is 5.11 Å². The van der Waals surface area contributed by atoms with Gasteiger partial charge in [0, 0.05) is 17.1 Å². The predicted molar refractivity (Wildman–Crippen MR) is 140 cm³/mol. The van der Waals surface area contributed by atoms with Crippen LogP contribution in [-0.2, 0) is 17.4 Å². The molecule has 2 aromatic rings. The van der Waals surface area contributed by atoms with E-state index in [9.17, 15) is 18.0 Å². The normalized spacial score (nSPS) is 15.0. The van der Waals surface area contributed by atoms with Crippen LogP contribution in [0.1, 0.15) is 62.6 Å². The van der Waals surface area contributed by atoms with Crippen LogP contribution in [0.4, 0.5) is 24.5 Å². The van der Waals surface area contributed by atoms with Crippen molar-refractivity contribution in [2.75, 3.05) is 16.3 Å². The summed E-state index contributed by atoms with van der Waals surface area (Å²) < 4.78 is 40.5. The summed E-state index contributed by atoms with van der Waals surface area (Å²) in [5, 5.41) is 12.7. The lowest BCUT2D eigenvalue weighted by Gasteiger charge is -2.29. The number of anilines is 2. The van der Waals surface area contributed by atoms with Crippen molar-refractivity contribution < 1.29 is 18.0 Å². The number of hydrogen-bond acceptors (Lipinski definition) is 4. The van der Waals surface area contributed by atoms with E-state index in [1.165, 1.54) is 6.07 Å². The van der Waals surface area contributed by atoms with Gasteiger partial charge in [-0.3, -0.25) is 9.69 Å². The van der Waals surface area contributed by atoms with E-state index in [4.69, 9.17) is 23.0 Å². The first-order valence-corrected chi connectivity index (χ1v) is 12.3. The number of rotatable bonds is 10. The van der Waals surface area contributed by atoms with E-state index in [1.807, 2.05) is 24.3 Å². The van der Waals surface area contributed by atoms with E-state index in [1.54, 1.807) is 24.8 Å². The molecule has 0 radical (unpaired) electrons.